The van der Waals surface area contributed by atoms with Gasteiger partial charge in [-0.3, -0.25) is 4.79 Å². The second kappa shape index (κ2) is 7.89. The molecule has 0 saturated carbocycles. The van der Waals surface area contributed by atoms with Crippen LogP contribution in [0.4, 0.5) is 5.69 Å². The summed E-state index contributed by atoms with van der Waals surface area (Å²) < 4.78 is 0. The van der Waals surface area contributed by atoms with Crippen LogP contribution in [-0.2, 0) is 4.79 Å². The van der Waals surface area contributed by atoms with Gasteiger partial charge in [-0.1, -0.05) is 17.7 Å². The number of carboxylic acid groups (broad SMARTS) is 1. The van der Waals surface area contributed by atoms with Gasteiger partial charge in [-0.05, 0) is 79.6 Å². The third kappa shape index (κ3) is 3.79. The average molecular weight is 437 g/mol. The maximum Gasteiger partial charge on any atom is 0.335 e. The fraction of sp³-hybridized carbons (Fsp3) is 0.0870. The van der Waals surface area contributed by atoms with Crippen molar-refractivity contribution < 1.29 is 14.7 Å². The molecule has 0 saturated heterocycles. The van der Waals surface area contributed by atoms with Gasteiger partial charge in [0.2, 0.25) is 0 Å². The van der Waals surface area contributed by atoms with E-state index in [0.29, 0.717) is 17.0 Å². The summed E-state index contributed by atoms with van der Waals surface area (Å²) in [7, 11) is 0. The molecular formula is C23H17ClN2O3S. The highest BCUT2D eigenvalue weighted by Gasteiger charge is 2.29. The van der Waals surface area contributed by atoms with Crippen LogP contribution in [0.5, 0.6) is 0 Å². The van der Waals surface area contributed by atoms with E-state index >= 15 is 0 Å². The molecule has 0 atom stereocenters. The van der Waals surface area contributed by atoms with Crippen LogP contribution in [0, 0.1) is 6.92 Å². The van der Waals surface area contributed by atoms with E-state index in [0.717, 1.165) is 25.9 Å². The molecule has 0 aliphatic carbocycles. The summed E-state index contributed by atoms with van der Waals surface area (Å²) in [4.78, 5) is 26.0. The Labute approximate surface area is 182 Å². The summed E-state index contributed by atoms with van der Waals surface area (Å²) in [6.07, 6.45) is 1.84. The average Bonchev–Trinajstić information content (AvgIpc) is 3.30. The highest BCUT2D eigenvalue weighted by molar-refractivity contribution is 7.16. The van der Waals surface area contributed by atoms with Crippen LogP contribution in [0.15, 0.2) is 65.3 Å². The number of thiophene rings is 1. The molecule has 0 unspecified atom stereocenters. The Morgan fingerprint density at radius 2 is 1.83 bits per heavy atom. The number of carbonyl (C=O) groups is 2. The molecular weight excluding hydrogens is 420 g/mol. The lowest BCUT2D eigenvalue weighted by molar-refractivity contribution is -0.114. The molecule has 2 aromatic carbocycles. The van der Waals surface area contributed by atoms with Crippen LogP contribution in [0.1, 0.15) is 27.7 Å². The zero-order chi connectivity index (χ0) is 21.4. The topological polar surface area (TPSA) is 70.0 Å². The fourth-order valence-corrected chi connectivity index (χ4v) is 4.20. The van der Waals surface area contributed by atoms with Crippen LogP contribution >= 0.6 is 22.9 Å². The Balaban J connectivity index is 1.59. The van der Waals surface area contributed by atoms with E-state index in [1.54, 1.807) is 30.4 Å². The third-order valence-corrected chi connectivity index (χ3v) is 6.28. The number of carbonyl (C=O) groups excluding carboxylic acids is 1. The SMILES string of the molecule is CC1=NN(c2ccc(C(=O)O)cc2)C(=O)/C1=C\c1ccc(-c2ccc(Cl)c(C)c2)s1. The first-order valence-corrected chi connectivity index (χ1v) is 10.3. The Kier molecular flexibility index (Phi) is 5.28. The van der Waals surface area contributed by atoms with Gasteiger partial charge in [0.05, 0.1) is 22.5 Å². The number of hydrazone groups is 1. The quantitative estimate of drug-likeness (QED) is 0.519. The van der Waals surface area contributed by atoms with Crippen molar-refractivity contribution in [2.24, 2.45) is 5.10 Å². The van der Waals surface area contributed by atoms with Crippen molar-refractivity contribution in [2.45, 2.75) is 13.8 Å². The zero-order valence-corrected chi connectivity index (χ0v) is 17.8. The lowest BCUT2D eigenvalue weighted by Crippen LogP contribution is -2.21. The number of carboxylic acids is 1. The maximum absolute atomic E-state index is 12.9. The van der Waals surface area contributed by atoms with Gasteiger partial charge in [0.25, 0.3) is 5.91 Å². The number of halogens is 1. The lowest BCUT2D eigenvalue weighted by Gasteiger charge is -2.11. The molecule has 0 spiro atoms. The Morgan fingerprint density at radius 1 is 1.10 bits per heavy atom. The standard InChI is InChI=1S/C23H17ClN2O3S/c1-13-11-16(5-9-20(13)24)21-10-8-18(30-21)12-19-14(2)25-26(22(19)27)17-6-3-15(4-7-17)23(28)29/h3-12H,1-2H3,(H,28,29)/b19-12-. The second-order valence-electron chi connectivity index (χ2n) is 6.88. The van der Waals surface area contributed by atoms with Crippen molar-refractivity contribution >= 4 is 52.3 Å². The van der Waals surface area contributed by atoms with Crippen molar-refractivity contribution in [2.75, 3.05) is 5.01 Å². The van der Waals surface area contributed by atoms with E-state index in [9.17, 15) is 9.59 Å². The molecule has 0 bridgehead atoms. The minimum Gasteiger partial charge on any atom is -0.478 e. The summed E-state index contributed by atoms with van der Waals surface area (Å²) >= 11 is 7.70. The minimum atomic E-state index is -1.01. The number of benzene rings is 2. The molecule has 1 N–H and O–H groups in total. The number of rotatable bonds is 4. The molecule has 1 amide bonds. The molecule has 1 aliphatic heterocycles. The molecule has 30 heavy (non-hydrogen) atoms. The molecule has 5 nitrogen and oxygen atoms in total. The molecule has 4 rings (SSSR count). The predicted octanol–water partition coefficient (Wildman–Crippen LogP) is 5.88. The van der Waals surface area contributed by atoms with Crippen LogP contribution in [-0.4, -0.2) is 22.7 Å². The number of hydrogen-bond donors (Lipinski definition) is 1. The maximum atomic E-state index is 12.9. The summed E-state index contributed by atoms with van der Waals surface area (Å²) in [5.74, 6) is -1.26. The zero-order valence-electron chi connectivity index (χ0n) is 16.2. The molecule has 1 aromatic heterocycles. The summed E-state index contributed by atoms with van der Waals surface area (Å²) in [6.45, 7) is 3.75. The molecule has 150 valence electrons. The van der Waals surface area contributed by atoms with Crippen LogP contribution < -0.4 is 5.01 Å². The van der Waals surface area contributed by atoms with Gasteiger partial charge in [-0.2, -0.15) is 10.1 Å². The number of amides is 1. The molecule has 0 radical (unpaired) electrons. The van der Waals surface area contributed by atoms with Crippen molar-refractivity contribution in [1.29, 1.82) is 0 Å². The van der Waals surface area contributed by atoms with E-state index in [1.807, 2.05) is 43.3 Å². The van der Waals surface area contributed by atoms with E-state index in [2.05, 4.69) is 5.10 Å². The monoisotopic (exact) mass is 436 g/mol. The normalized spacial score (nSPS) is 15.0. The number of aryl methyl sites for hydroxylation is 1. The predicted molar refractivity (Wildman–Crippen MR) is 121 cm³/mol. The summed E-state index contributed by atoms with van der Waals surface area (Å²) in [5.41, 5.74) is 3.90. The highest BCUT2D eigenvalue weighted by Crippen LogP contribution is 2.33. The number of anilines is 1. The van der Waals surface area contributed by atoms with Crippen molar-refractivity contribution in [1.82, 2.24) is 0 Å². The largest absolute Gasteiger partial charge is 0.478 e. The molecule has 2 heterocycles. The fourth-order valence-electron chi connectivity index (χ4n) is 3.13. The van der Waals surface area contributed by atoms with Crippen LogP contribution in [0.25, 0.3) is 16.5 Å². The number of nitrogens with zero attached hydrogens (tertiary/aromatic N) is 2. The second-order valence-corrected chi connectivity index (χ2v) is 8.40. The van der Waals surface area contributed by atoms with Gasteiger partial charge < -0.3 is 5.11 Å². The molecule has 0 fully saturated rings. The van der Waals surface area contributed by atoms with E-state index in [1.165, 1.54) is 17.1 Å². The van der Waals surface area contributed by atoms with Crippen LogP contribution in [0.3, 0.4) is 0 Å². The van der Waals surface area contributed by atoms with Gasteiger partial charge in [0.15, 0.2) is 0 Å². The number of hydrogen-bond acceptors (Lipinski definition) is 4. The Hall–Kier alpha value is -3.22. The highest BCUT2D eigenvalue weighted by atomic mass is 35.5. The third-order valence-electron chi connectivity index (χ3n) is 4.78. The first kappa shape index (κ1) is 20.1. The van der Waals surface area contributed by atoms with Gasteiger partial charge in [-0.15, -0.1) is 11.3 Å². The molecule has 3 aromatic rings. The van der Waals surface area contributed by atoms with Gasteiger partial charge in [0.1, 0.15) is 0 Å². The van der Waals surface area contributed by atoms with E-state index in [-0.39, 0.29) is 11.5 Å². The Morgan fingerprint density at radius 3 is 2.50 bits per heavy atom. The summed E-state index contributed by atoms with van der Waals surface area (Å²) in [6, 6.07) is 16.0. The van der Waals surface area contributed by atoms with Crippen LogP contribution in [0.2, 0.25) is 5.02 Å². The van der Waals surface area contributed by atoms with Crippen molar-refractivity contribution in [3.05, 3.63) is 81.2 Å². The summed E-state index contributed by atoms with van der Waals surface area (Å²) in [5, 5.41) is 15.4. The smallest absolute Gasteiger partial charge is 0.335 e. The van der Waals surface area contributed by atoms with E-state index < -0.39 is 5.97 Å². The first-order valence-electron chi connectivity index (χ1n) is 9.15. The van der Waals surface area contributed by atoms with Gasteiger partial charge in [-0.25, -0.2) is 4.79 Å². The van der Waals surface area contributed by atoms with Crippen molar-refractivity contribution in [3.63, 3.8) is 0 Å². The van der Waals surface area contributed by atoms with Gasteiger partial charge >= 0.3 is 5.97 Å². The molecule has 1 aliphatic rings. The van der Waals surface area contributed by atoms with E-state index in [4.69, 9.17) is 16.7 Å². The minimum absolute atomic E-state index is 0.158. The number of aromatic carboxylic acids is 1. The molecule has 7 heteroatoms. The van der Waals surface area contributed by atoms with Gasteiger partial charge in [0, 0.05) is 14.8 Å². The Bertz CT molecular complexity index is 1230. The first-order chi connectivity index (χ1) is 14.3. The van der Waals surface area contributed by atoms with Crippen molar-refractivity contribution in [3.8, 4) is 10.4 Å². The lowest BCUT2D eigenvalue weighted by atomic mass is 10.1.